The molecular weight excluding hydrogens is 274 g/mol. The van der Waals surface area contributed by atoms with Crippen LogP contribution >= 0.6 is 0 Å². The number of aliphatic carboxylic acids is 1. The van der Waals surface area contributed by atoms with Gasteiger partial charge in [-0.3, -0.25) is 14.4 Å². The third-order valence-corrected chi connectivity index (χ3v) is 2.79. The summed E-state index contributed by atoms with van der Waals surface area (Å²) in [7, 11) is 0. The second-order valence-electron chi connectivity index (χ2n) is 4.47. The van der Waals surface area contributed by atoms with Crippen molar-refractivity contribution in [3.05, 3.63) is 29.8 Å². The maximum atomic E-state index is 12.0. The van der Waals surface area contributed by atoms with E-state index in [1.165, 1.54) is 4.90 Å². The number of carboxylic acids is 1. The molecule has 0 radical (unpaired) electrons. The molecule has 0 aliphatic carbocycles. The number of para-hydroxylation sites is 1. The van der Waals surface area contributed by atoms with Gasteiger partial charge in [-0.2, -0.15) is 0 Å². The smallest absolute Gasteiger partial charge is 0.323 e. The van der Waals surface area contributed by atoms with Crippen molar-refractivity contribution in [1.29, 1.82) is 0 Å². The maximum Gasteiger partial charge on any atom is 0.323 e. The third kappa shape index (κ3) is 5.13. The second-order valence-corrected chi connectivity index (χ2v) is 4.47. The number of amides is 2. The molecule has 0 bridgehead atoms. The Bertz CT molecular complexity index is 531. The number of carbonyl (C=O) groups is 3. The Balaban J connectivity index is 2.71. The van der Waals surface area contributed by atoms with Crippen molar-refractivity contribution in [1.82, 2.24) is 4.90 Å². The van der Waals surface area contributed by atoms with Crippen molar-refractivity contribution in [2.75, 3.05) is 25.0 Å². The van der Waals surface area contributed by atoms with E-state index in [9.17, 15) is 14.4 Å². The molecule has 0 saturated carbocycles. The molecule has 7 nitrogen and oxygen atoms in total. The Hall–Kier alpha value is -2.57. The van der Waals surface area contributed by atoms with Gasteiger partial charge in [0.05, 0.1) is 12.1 Å². The lowest BCUT2D eigenvalue weighted by molar-refractivity contribution is -0.143. The van der Waals surface area contributed by atoms with Gasteiger partial charge >= 0.3 is 5.97 Å². The summed E-state index contributed by atoms with van der Waals surface area (Å²) in [6.07, 6.45) is 0.664. The van der Waals surface area contributed by atoms with E-state index in [2.05, 4.69) is 5.32 Å². The number of nitrogens with two attached hydrogens (primary N) is 1. The molecule has 21 heavy (non-hydrogen) atoms. The van der Waals surface area contributed by atoms with Crippen LogP contribution < -0.4 is 11.1 Å². The predicted molar refractivity (Wildman–Crippen MR) is 78.0 cm³/mol. The van der Waals surface area contributed by atoms with Gasteiger partial charge in [0, 0.05) is 12.2 Å². The van der Waals surface area contributed by atoms with E-state index in [1.807, 2.05) is 6.92 Å². The van der Waals surface area contributed by atoms with Crippen molar-refractivity contribution in [3.63, 3.8) is 0 Å². The van der Waals surface area contributed by atoms with Gasteiger partial charge in [-0.25, -0.2) is 0 Å². The van der Waals surface area contributed by atoms with E-state index < -0.39 is 11.9 Å². The lowest BCUT2D eigenvalue weighted by atomic mass is 10.1. The lowest BCUT2D eigenvalue weighted by Gasteiger charge is -2.20. The van der Waals surface area contributed by atoms with Gasteiger partial charge in [-0.1, -0.05) is 19.1 Å². The van der Waals surface area contributed by atoms with Gasteiger partial charge in [0.1, 0.15) is 6.54 Å². The van der Waals surface area contributed by atoms with Crippen LogP contribution in [-0.2, 0) is 9.59 Å². The third-order valence-electron chi connectivity index (χ3n) is 2.79. The maximum absolute atomic E-state index is 12.0. The normalized spacial score (nSPS) is 9.95. The van der Waals surface area contributed by atoms with Crippen molar-refractivity contribution in [2.24, 2.45) is 5.73 Å². The first-order valence-corrected chi connectivity index (χ1v) is 6.58. The summed E-state index contributed by atoms with van der Waals surface area (Å²) < 4.78 is 0. The zero-order valence-electron chi connectivity index (χ0n) is 11.8. The fourth-order valence-electron chi connectivity index (χ4n) is 1.86. The minimum Gasteiger partial charge on any atom is -0.480 e. The quantitative estimate of drug-likeness (QED) is 0.647. The molecule has 0 atom stereocenters. The van der Waals surface area contributed by atoms with Gasteiger partial charge < -0.3 is 21.1 Å². The Morgan fingerprint density at radius 3 is 2.52 bits per heavy atom. The van der Waals surface area contributed by atoms with E-state index in [-0.39, 0.29) is 24.6 Å². The Kier molecular flexibility index (Phi) is 6.19. The summed E-state index contributed by atoms with van der Waals surface area (Å²) in [4.78, 5) is 35.2. The van der Waals surface area contributed by atoms with Gasteiger partial charge in [0.15, 0.2) is 0 Å². The molecule has 0 fully saturated rings. The van der Waals surface area contributed by atoms with E-state index in [0.717, 1.165) is 0 Å². The van der Waals surface area contributed by atoms with Crippen molar-refractivity contribution in [3.8, 4) is 0 Å². The minimum atomic E-state index is -1.06. The zero-order valence-corrected chi connectivity index (χ0v) is 11.8. The zero-order chi connectivity index (χ0) is 15.8. The van der Waals surface area contributed by atoms with E-state index in [4.69, 9.17) is 10.8 Å². The number of carboxylic acid groups (broad SMARTS) is 1. The van der Waals surface area contributed by atoms with Crippen molar-refractivity contribution < 1.29 is 19.5 Å². The van der Waals surface area contributed by atoms with Crippen LogP contribution in [-0.4, -0.2) is 47.4 Å². The topological polar surface area (TPSA) is 113 Å². The number of rotatable bonds is 8. The van der Waals surface area contributed by atoms with E-state index in [0.29, 0.717) is 18.7 Å². The molecule has 0 aliphatic rings. The molecular formula is C14H19N3O4. The Morgan fingerprint density at radius 2 is 1.95 bits per heavy atom. The number of hydrogen-bond donors (Lipinski definition) is 3. The second kappa shape index (κ2) is 7.88. The molecule has 0 saturated heterocycles. The average Bonchev–Trinajstić information content (AvgIpc) is 2.44. The summed E-state index contributed by atoms with van der Waals surface area (Å²) in [5, 5.41) is 11.6. The molecule has 7 heteroatoms. The van der Waals surface area contributed by atoms with Gasteiger partial charge in [-0.05, 0) is 18.6 Å². The van der Waals surface area contributed by atoms with Crippen LogP contribution in [0.3, 0.4) is 0 Å². The lowest BCUT2D eigenvalue weighted by Crippen LogP contribution is -2.39. The van der Waals surface area contributed by atoms with Gasteiger partial charge in [-0.15, -0.1) is 0 Å². The molecule has 0 aromatic heterocycles. The van der Waals surface area contributed by atoms with Crippen LogP contribution in [0, 0.1) is 0 Å². The highest BCUT2D eigenvalue weighted by Crippen LogP contribution is 2.13. The van der Waals surface area contributed by atoms with Crippen LogP contribution in [0.25, 0.3) is 0 Å². The predicted octanol–water partition coefficient (Wildman–Crippen LogP) is 0.521. The van der Waals surface area contributed by atoms with Crippen LogP contribution in [0.5, 0.6) is 0 Å². The molecule has 0 spiro atoms. The molecule has 1 aromatic carbocycles. The summed E-state index contributed by atoms with van der Waals surface area (Å²) in [5.41, 5.74) is 5.97. The van der Waals surface area contributed by atoms with Crippen LogP contribution in [0.1, 0.15) is 23.7 Å². The summed E-state index contributed by atoms with van der Waals surface area (Å²) in [6.45, 7) is 1.78. The highest BCUT2D eigenvalue weighted by atomic mass is 16.4. The minimum absolute atomic E-state index is 0.0996. The number of hydrogen-bond acceptors (Lipinski definition) is 4. The van der Waals surface area contributed by atoms with Crippen molar-refractivity contribution in [2.45, 2.75) is 13.3 Å². The summed E-state index contributed by atoms with van der Waals surface area (Å²) >= 11 is 0. The number of nitrogens with one attached hydrogen (secondary N) is 1. The first-order valence-electron chi connectivity index (χ1n) is 6.58. The molecule has 0 unspecified atom stereocenters. The Labute approximate surface area is 122 Å². The number of nitrogens with zero attached hydrogens (tertiary/aromatic N) is 1. The van der Waals surface area contributed by atoms with E-state index in [1.54, 1.807) is 24.3 Å². The van der Waals surface area contributed by atoms with Gasteiger partial charge in [0.2, 0.25) is 5.91 Å². The van der Waals surface area contributed by atoms with Crippen LogP contribution in [0.4, 0.5) is 5.69 Å². The molecule has 0 aliphatic heterocycles. The molecule has 0 heterocycles. The summed E-state index contributed by atoms with van der Waals surface area (Å²) in [5.74, 6) is -2.01. The monoisotopic (exact) mass is 293 g/mol. The molecule has 1 aromatic rings. The largest absolute Gasteiger partial charge is 0.480 e. The van der Waals surface area contributed by atoms with E-state index >= 15 is 0 Å². The first kappa shape index (κ1) is 16.5. The highest BCUT2D eigenvalue weighted by Gasteiger charge is 2.16. The number of benzene rings is 1. The SMILES string of the molecule is CCCN(CC(=O)O)C(=O)CNc1ccccc1C(N)=O. The molecule has 1 rings (SSSR count). The Morgan fingerprint density at radius 1 is 1.29 bits per heavy atom. The standard InChI is InChI=1S/C14H19N3O4/c1-2-7-17(9-13(19)20)12(18)8-16-11-6-4-3-5-10(11)14(15)21/h3-6,16H,2,7-9H2,1H3,(H2,15,21)(H,19,20). The average molecular weight is 293 g/mol. The van der Waals surface area contributed by atoms with Crippen LogP contribution in [0.2, 0.25) is 0 Å². The number of primary amides is 1. The fourth-order valence-corrected chi connectivity index (χ4v) is 1.86. The summed E-state index contributed by atoms with van der Waals surface area (Å²) in [6, 6.07) is 6.56. The highest BCUT2D eigenvalue weighted by molar-refractivity contribution is 5.99. The van der Waals surface area contributed by atoms with Gasteiger partial charge in [0.25, 0.3) is 5.91 Å². The fraction of sp³-hybridized carbons (Fsp3) is 0.357. The number of anilines is 1. The first-order chi connectivity index (χ1) is 9.95. The van der Waals surface area contributed by atoms with Crippen molar-refractivity contribution >= 4 is 23.5 Å². The number of carbonyl (C=O) groups excluding carboxylic acids is 2. The molecule has 2 amide bonds. The van der Waals surface area contributed by atoms with Crippen LogP contribution in [0.15, 0.2) is 24.3 Å². The molecule has 114 valence electrons. The molecule has 4 N–H and O–H groups in total.